The van der Waals surface area contributed by atoms with Crippen LogP contribution in [-0.2, 0) is 0 Å². The molecule has 1 aromatic carbocycles. The molecule has 0 bridgehead atoms. The zero-order valence-electron chi connectivity index (χ0n) is 9.88. The van der Waals surface area contributed by atoms with E-state index in [0.29, 0.717) is 17.2 Å². The van der Waals surface area contributed by atoms with Crippen molar-refractivity contribution in [3.05, 3.63) is 35.9 Å². The Labute approximate surface area is 107 Å². The molecule has 1 aliphatic carbocycles. The second-order valence-corrected chi connectivity index (χ2v) is 6.17. The largest absolute Gasteiger partial charge is 0.330 e. The minimum atomic E-state index is 0.540. The SMILES string of the molecule is NCC1CCC2N=C(c3ccccc3)SC2C1. The second kappa shape index (κ2) is 4.83. The molecule has 1 aliphatic heterocycles. The van der Waals surface area contributed by atoms with E-state index < -0.39 is 0 Å². The van der Waals surface area contributed by atoms with E-state index in [1.54, 1.807) is 0 Å². The molecule has 0 saturated heterocycles. The fraction of sp³-hybridized carbons (Fsp3) is 0.500. The van der Waals surface area contributed by atoms with Gasteiger partial charge >= 0.3 is 0 Å². The molecule has 3 heteroatoms. The van der Waals surface area contributed by atoms with E-state index in [9.17, 15) is 0 Å². The smallest absolute Gasteiger partial charge is 0.0984 e. The van der Waals surface area contributed by atoms with Crippen molar-refractivity contribution in [1.82, 2.24) is 0 Å². The number of nitrogens with zero attached hydrogens (tertiary/aromatic N) is 1. The summed E-state index contributed by atoms with van der Waals surface area (Å²) in [6.45, 7) is 0.838. The Balaban J connectivity index is 1.75. The summed E-state index contributed by atoms with van der Waals surface area (Å²) in [5, 5.41) is 1.91. The molecule has 1 saturated carbocycles. The lowest BCUT2D eigenvalue weighted by Crippen LogP contribution is -2.31. The molecule has 0 spiro atoms. The van der Waals surface area contributed by atoms with Gasteiger partial charge in [-0.05, 0) is 31.7 Å². The second-order valence-electron chi connectivity index (χ2n) is 4.94. The van der Waals surface area contributed by atoms with Crippen molar-refractivity contribution in [2.24, 2.45) is 16.6 Å². The van der Waals surface area contributed by atoms with Crippen molar-refractivity contribution in [3.8, 4) is 0 Å². The number of thioether (sulfide) groups is 1. The maximum Gasteiger partial charge on any atom is 0.0984 e. The summed E-state index contributed by atoms with van der Waals surface area (Å²) in [4.78, 5) is 4.89. The monoisotopic (exact) mass is 246 g/mol. The molecule has 3 atom stereocenters. The molecule has 90 valence electrons. The van der Waals surface area contributed by atoms with Crippen LogP contribution in [0.25, 0.3) is 0 Å². The van der Waals surface area contributed by atoms with E-state index in [1.165, 1.54) is 29.9 Å². The third kappa shape index (κ3) is 2.26. The van der Waals surface area contributed by atoms with Crippen molar-refractivity contribution >= 4 is 16.8 Å². The van der Waals surface area contributed by atoms with Crippen LogP contribution in [0.1, 0.15) is 24.8 Å². The highest BCUT2D eigenvalue weighted by molar-refractivity contribution is 8.15. The van der Waals surface area contributed by atoms with Gasteiger partial charge in [-0.25, -0.2) is 0 Å². The highest BCUT2D eigenvalue weighted by Gasteiger charge is 2.35. The molecule has 2 aliphatic rings. The van der Waals surface area contributed by atoms with Gasteiger partial charge in [-0.2, -0.15) is 0 Å². The lowest BCUT2D eigenvalue weighted by molar-refractivity contribution is 0.347. The first-order valence-electron chi connectivity index (χ1n) is 6.37. The Hall–Kier alpha value is -0.800. The average molecular weight is 246 g/mol. The fourth-order valence-corrected chi connectivity index (χ4v) is 4.21. The first-order chi connectivity index (χ1) is 8.36. The Kier molecular flexibility index (Phi) is 3.21. The van der Waals surface area contributed by atoms with Crippen LogP contribution in [0.2, 0.25) is 0 Å². The van der Waals surface area contributed by atoms with E-state index >= 15 is 0 Å². The molecule has 2 N–H and O–H groups in total. The van der Waals surface area contributed by atoms with Crippen LogP contribution in [0.5, 0.6) is 0 Å². The lowest BCUT2D eigenvalue weighted by atomic mass is 9.86. The number of benzene rings is 1. The highest BCUT2D eigenvalue weighted by atomic mass is 32.2. The van der Waals surface area contributed by atoms with Gasteiger partial charge in [-0.3, -0.25) is 4.99 Å². The predicted octanol–water partition coefficient (Wildman–Crippen LogP) is 2.68. The number of nitrogens with two attached hydrogens (primary N) is 1. The molecule has 1 fully saturated rings. The third-order valence-electron chi connectivity index (χ3n) is 3.77. The number of hydrogen-bond acceptors (Lipinski definition) is 3. The van der Waals surface area contributed by atoms with Gasteiger partial charge in [0, 0.05) is 10.8 Å². The predicted molar refractivity (Wildman–Crippen MR) is 74.5 cm³/mol. The van der Waals surface area contributed by atoms with Crippen molar-refractivity contribution in [2.45, 2.75) is 30.6 Å². The van der Waals surface area contributed by atoms with Gasteiger partial charge in [-0.1, -0.05) is 30.3 Å². The molecule has 3 rings (SSSR count). The summed E-state index contributed by atoms with van der Waals surface area (Å²) in [6.07, 6.45) is 3.71. The quantitative estimate of drug-likeness (QED) is 0.871. The van der Waals surface area contributed by atoms with Crippen LogP contribution in [0.15, 0.2) is 35.3 Å². The zero-order valence-corrected chi connectivity index (χ0v) is 10.7. The fourth-order valence-electron chi connectivity index (χ4n) is 2.73. The third-order valence-corrected chi connectivity index (χ3v) is 5.14. The van der Waals surface area contributed by atoms with Crippen LogP contribution in [0.3, 0.4) is 0 Å². The summed E-state index contributed by atoms with van der Waals surface area (Å²) in [5.74, 6) is 0.717. The maximum absolute atomic E-state index is 5.79. The average Bonchev–Trinajstić information content (AvgIpc) is 2.82. The summed E-state index contributed by atoms with van der Waals surface area (Å²) in [6, 6.07) is 11.1. The first kappa shape index (κ1) is 11.3. The molecule has 17 heavy (non-hydrogen) atoms. The van der Waals surface area contributed by atoms with Crippen LogP contribution >= 0.6 is 11.8 Å². The van der Waals surface area contributed by atoms with Gasteiger partial charge in [0.15, 0.2) is 0 Å². The summed E-state index contributed by atoms with van der Waals surface area (Å²) in [5.41, 5.74) is 7.06. The lowest BCUT2D eigenvalue weighted by Gasteiger charge is -2.28. The number of fused-ring (bicyclic) bond motifs is 1. The Bertz CT molecular complexity index is 415. The number of hydrogen-bond donors (Lipinski definition) is 1. The van der Waals surface area contributed by atoms with Gasteiger partial charge in [0.1, 0.15) is 0 Å². The molecule has 1 heterocycles. The van der Waals surface area contributed by atoms with E-state index in [2.05, 4.69) is 30.3 Å². The Morgan fingerprint density at radius 2 is 2.06 bits per heavy atom. The van der Waals surface area contributed by atoms with E-state index in [4.69, 9.17) is 10.7 Å². The Morgan fingerprint density at radius 3 is 2.82 bits per heavy atom. The van der Waals surface area contributed by atoms with Gasteiger partial charge < -0.3 is 5.73 Å². The molecule has 1 aromatic rings. The van der Waals surface area contributed by atoms with Crippen LogP contribution in [0.4, 0.5) is 0 Å². The van der Waals surface area contributed by atoms with Gasteiger partial charge in [0.2, 0.25) is 0 Å². The van der Waals surface area contributed by atoms with Crippen LogP contribution in [-0.4, -0.2) is 22.9 Å². The molecular formula is C14H18N2S. The number of rotatable bonds is 2. The maximum atomic E-state index is 5.79. The minimum absolute atomic E-state index is 0.540. The molecule has 0 amide bonds. The first-order valence-corrected chi connectivity index (χ1v) is 7.24. The van der Waals surface area contributed by atoms with Crippen LogP contribution < -0.4 is 5.73 Å². The van der Waals surface area contributed by atoms with Crippen molar-refractivity contribution in [2.75, 3.05) is 6.54 Å². The van der Waals surface area contributed by atoms with Crippen LogP contribution in [0, 0.1) is 5.92 Å². The molecule has 2 nitrogen and oxygen atoms in total. The number of aliphatic imine (C=N–C) groups is 1. The van der Waals surface area contributed by atoms with E-state index in [-0.39, 0.29) is 0 Å². The molecular weight excluding hydrogens is 228 g/mol. The zero-order chi connectivity index (χ0) is 11.7. The highest BCUT2D eigenvalue weighted by Crippen LogP contribution is 2.40. The van der Waals surface area contributed by atoms with Crippen molar-refractivity contribution in [3.63, 3.8) is 0 Å². The van der Waals surface area contributed by atoms with Gasteiger partial charge in [0.25, 0.3) is 0 Å². The molecule has 0 radical (unpaired) electrons. The van der Waals surface area contributed by atoms with Crippen molar-refractivity contribution in [1.29, 1.82) is 0 Å². The minimum Gasteiger partial charge on any atom is -0.330 e. The summed E-state index contributed by atoms with van der Waals surface area (Å²) in [7, 11) is 0. The van der Waals surface area contributed by atoms with Gasteiger partial charge in [0.05, 0.1) is 11.1 Å². The van der Waals surface area contributed by atoms with E-state index in [1.807, 2.05) is 11.8 Å². The molecule has 0 aromatic heterocycles. The normalized spacial score (nSPS) is 32.1. The summed E-state index contributed by atoms with van der Waals surface area (Å²) >= 11 is 1.96. The Morgan fingerprint density at radius 1 is 1.24 bits per heavy atom. The molecule has 3 unspecified atom stereocenters. The topological polar surface area (TPSA) is 38.4 Å². The van der Waals surface area contributed by atoms with Gasteiger partial charge in [-0.15, -0.1) is 11.8 Å². The van der Waals surface area contributed by atoms with Crippen molar-refractivity contribution < 1.29 is 0 Å². The summed E-state index contributed by atoms with van der Waals surface area (Å²) < 4.78 is 0. The van der Waals surface area contributed by atoms with E-state index in [0.717, 1.165) is 6.54 Å². The standard InChI is InChI=1S/C14H18N2S/c15-9-10-6-7-12-13(8-10)17-14(16-12)11-4-2-1-3-5-11/h1-5,10,12-13H,6-9,15H2.